The van der Waals surface area contributed by atoms with Gasteiger partial charge in [0.2, 0.25) is 0 Å². The van der Waals surface area contributed by atoms with E-state index in [-0.39, 0.29) is 22.8 Å². The Morgan fingerprint density at radius 2 is 1.89 bits per heavy atom. The van der Waals surface area contributed by atoms with Gasteiger partial charge in [-0.2, -0.15) is 0 Å². The Balaban J connectivity index is 2.36. The Bertz CT molecular complexity index is 470. The molecule has 1 aromatic carbocycles. The second-order valence-electron chi connectivity index (χ2n) is 4.80. The molecule has 0 bridgehead atoms. The molecule has 1 saturated heterocycles. The van der Waals surface area contributed by atoms with Gasteiger partial charge >= 0.3 is 0 Å². The van der Waals surface area contributed by atoms with E-state index in [2.05, 4.69) is 0 Å². The molecule has 0 radical (unpaired) electrons. The van der Waals surface area contributed by atoms with Crippen LogP contribution in [0, 0.1) is 10.1 Å². The normalized spacial score (nSPS) is 25.4. The topological polar surface area (TPSA) is 61.6 Å². The van der Waals surface area contributed by atoms with Crippen LogP contribution in [0.5, 0.6) is 0 Å². The summed E-state index contributed by atoms with van der Waals surface area (Å²) in [5, 5.41) is 11.1. The lowest BCUT2D eigenvalue weighted by molar-refractivity contribution is -0.386. The molecule has 1 aliphatic rings. The van der Waals surface area contributed by atoms with Crippen molar-refractivity contribution in [3.05, 3.63) is 39.9 Å². The van der Waals surface area contributed by atoms with E-state index in [1.165, 1.54) is 6.07 Å². The number of nitro groups is 1. The maximum atomic E-state index is 11.1. The molecule has 1 aliphatic heterocycles. The molecule has 0 saturated carbocycles. The van der Waals surface area contributed by atoms with Crippen LogP contribution in [0.1, 0.15) is 45.3 Å². The Labute approximate surface area is 112 Å². The lowest BCUT2D eigenvalue weighted by Crippen LogP contribution is -2.28. The highest BCUT2D eigenvalue weighted by Gasteiger charge is 2.45. The summed E-state index contributed by atoms with van der Waals surface area (Å²) in [4.78, 5) is 10.7. The maximum Gasteiger partial charge on any atom is 0.275 e. The molecule has 2 rings (SSSR count). The van der Waals surface area contributed by atoms with Gasteiger partial charge in [-0.1, -0.05) is 26.0 Å². The van der Waals surface area contributed by atoms with Gasteiger partial charge in [-0.25, -0.2) is 0 Å². The van der Waals surface area contributed by atoms with Crippen LogP contribution in [0.15, 0.2) is 24.3 Å². The molecule has 0 N–H and O–H groups in total. The average molecular weight is 265 g/mol. The van der Waals surface area contributed by atoms with Crippen molar-refractivity contribution >= 4 is 5.69 Å². The van der Waals surface area contributed by atoms with Crippen LogP contribution < -0.4 is 0 Å². The first-order valence-corrected chi connectivity index (χ1v) is 6.62. The molecule has 0 aliphatic carbocycles. The molecule has 19 heavy (non-hydrogen) atoms. The van der Waals surface area contributed by atoms with E-state index in [0.717, 1.165) is 12.8 Å². The summed E-state index contributed by atoms with van der Waals surface area (Å²) >= 11 is 0. The van der Waals surface area contributed by atoms with Gasteiger partial charge in [-0.3, -0.25) is 10.1 Å². The van der Waals surface area contributed by atoms with Crippen LogP contribution in [-0.4, -0.2) is 16.8 Å². The van der Waals surface area contributed by atoms with Crippen molar-refractivity contribution < 1.29 is 14.4 Å². The molecule has 0 spiro atoms. The Morgan fingerprint density at radius 1 is 1.26 bits per heavy atom. The van der Waals surface area contributed by atoms with Gasteiger partial charge in [0.15, 0.2) is 5.79 Å². The number of hydrogen-bond acceptors (Lipinski definition) is 4. The minimum Gasteiger partial charge on any atom is -0.344 e. The lowest BCUT2D eigenvalue weighted by atomic mass is 10.0. The van der Waals surface area contributed by atoms with Crippen molar-refractivity contribution in [2.45, 2.75) is 51.6 Å². The van der Waals surface area contributed by atoms with Crippen LogP contribution in [0.25, 0.3) is 0 Å². The quantitative estimate of drug-likeness (QED) is 0.616. The standard InChI is InChI=1S/C14H19NO4/c1-4-14(5-2)18-10(3)13(19-14)11-8-6-7-9-12(11)15(16)17/h6-10,13H,4-5H2,1-3H3/t10-,13-/m0/s1. The summed E-state index contributed by atoms with van der Waals surface area (Å²) in [5.41, 5.74) is 0.676. The minimum atomic E-state index is -0.617. The summed E-state index contributed by atoms with van der Waals surface area (Å²) in [6.07, 6.45) is 0.873. The molecule has 0 amide bonds. The number of ether oxygens (including phenoxy) is 2. The molecule has 0 aromatic heterocycles. The lowest BCUT2D eigenvalue weighted by Gasteiger charge is -2.25. The maximum absolute atomic E-state index is 11.1. The summed E-state index contributed by atoms with van der Waals surface area (Å²) in [7, 11) is 0. The van der Waals surface area contributed by atoms with E-state index in [1.807, 2.05) is 20.8 Å². The summed E-state index contributed by atoms with van der Waals surface area (Å²) in [6, 6.07) is 6.69. The first-order valence-electron chi connectivity index (χ1n) is 6.62. The number of nitrogens with zero attached hydrogens (tertiary/aromatic N) is 1. The fraction of sp³-hybridized carbons (Fsp3) is 0.571. The van der Waals surface area contributed by atoms with Crippen LogP contribution in [-0.2, 0) is 9.47 Å². The highest BCUT2D eigenvalue weighted by Crippen LogP contribution is 2.44. The number of benzene rings is 1. The Kier molecular flexibility index (Phi) is 3.87. The number of para-hydroxylation sites is 1. The number of rotatable bonds is 4. The van der Waals surface area contributed by atoms with Crippen LogP contribution in [0.3, 0.4) is 0 Å². The van der Waals surface area contributed by atoms with Gasteiger partial charge in [-0.05, 0) is 25.8 Å². The summed E-state index contributed by atoms with van der Waals surface area (Å²) in [5.74, 6) is -0.617. The zero-order valence-electron chi connectivity index (χ0n) is 11.5. The zero-order valence-corrected chi connectivity index (χ0v) is 11.5. The Morgan fingerprint density at radius 3 is 2.42 bits per heavy atom. The van der Waals surface area contributed by atoms with Crippen molar-refractivity contribution in [1.29, 1.82) is 0 Å². The fourth-order valence-corrected chi connectivity index (χ4v) is 2.55. The molecule has 1 heterocycles. The highest BCUT2D eigenvalue weighted by atomic mass is 16.8. The molecular formula is C14H19NO4. The van der Waals surface area contributed by atoms with E-state index in [1.54, 1.807) is 18.2 Å². The second-order valence-corrected chi connectivity index (χ2v) is 4.80. The van der Waals surface area contributed by atoms with E-state index in [4.69, 9.17) is 9.47 Å². The van der Waals surface area contributed by atoms with E-state index >= 15 is 0 Å². The van der Waals surface area contributed by atoms with Gasteiger partial charge < -0.3 is 9.47 Å². The van der Waals surface area contributed by atoms with Crippen molar-refractivity contribution in [2.24, 2.45) is 0 Å². The predicted octanol–water partition coefficient (Wildman–Crippen LogP) is 3.59. The van der Waals surface area contributed by atoms with Gasteiger partial charge in [0, 0.05) is 6.07 Å². The third kappa shape index (κ3) is 2.48. The molecule has 5 heteroatoms. The molecule has 1 aromatic rings. The van der Waals surface area contributed by atoms with E-state index < -0.39 is 5.79 Å². The first-order chi connectivity index (χ1) is 9.03. The SMILES string of the molecule is CCC1(CC)O[C@@H](C)[C@@H](c2ccccc2[N+](=O)[O-])O1. The van der Waals surface area contributed by atoms with Gasteiger partial charge in [0.25, 0.3) is 5.69 Å². The third-order valence-corrected chi connectivity index (χ3v) is 3.69. The molecule has 5 nitrogen and oxygen atoms in total. The molecular weight excluding hydrogens is 246 g/mol. The average Bonchev–Trinajstić information content (AvgIpc) is 2.76. The number of hydrogen-bond donors (Lipinski definition) is 0. The fourth-order valence-electron chi connectivity index (χ4n) is 2.55. The number of nitro benzene ring substituents is 1. The summed E-state index contributed by atoms with van der Waals surface area (Å²) < 4.78 is 11.9. The van der Waals surface area contributed by atoms with Crippen molar-refractivity contribution in [1.82, 2.24) is 0 Å². The smallest absolute Gasteiger partial charge is 0.275 e. The summed E-state index contributed by atoms with van der Waals surface area (Å²) in [6.45, 7) is 5.89. The molecule has 104 valence electrons. The first kappa shape index (κ1) is 14.0. The second kappa shape index (κ2) is 5.27. The Hall–Kier alpha value is -1.46. The van der Waals surface area contributed by atoms with Gasteiger partial charge in [0.1, 0.15) is 6.10 Å². The molecule has 1 fully saturated rings. The van der Waals surface area contributed by atoms with E-state index in [0.29, 0.717) is 5.56 Å². The minimum absolute atomic E-state index is 0.0888. The van der Waals surface area contributed by atoms with Crippen LogP contribution in [0.2, 0.25) is 0 Å². The zero-order chi connectivity index (χ0) is 14.0. The molecule has 0 unspecified atom stereocenters. The van der Waals surface area contributed by atoms with Gasteiger partial charge in [0.05, 0.1) is 16.6 Å². The van der Waals surface area contributed by atoms with Crippen molar-refractivity contribution in [2.75, 3.05) is 0 Å². The van der Waals surface area contributed by atoms with Crippen LogP contribution >= 0.6 is 0 Å². The predicted molar refractivity (Wildman–Crippen MR) is 70.8 cm³/mol. The van der Waals surface area contributed by atoms with Crippen molar-refractivity contribution in [3.8, 4) is 0 Å². The van der Waals surface area contributed by atoms with Gasteiger partial charge in [-0.15, -0.1) is 0 Å². The highest BCUT2D eigenvalue weighted by molar-refractivity contribution is 5.42. The largest absolute Gasteiger partial charge is 0.344 e. The van der Waals surface area contributed by atoms with Crippen LogP contribution in [0.4, 0.5) is 5.69 Å². The third-order valence-electron chi connectivity index (χ3n) is 3.69. The van der Waals surface area contributed by atoms with E-state index in [9.17, 15) is 10.1 Å². The van der Waals surface area contributed by atoms with Crippen molar-refractivity contribution in [3.63, 3.8) is 0 Å². The molecule has 2 atom stereocenters. The monoisotopic (exact) mass is 265 g/mol.